The van der Waals surface area contributed by atoms with Crippen LogP contribution in [0.3, 0.4) is 0 Å². The first-order valence-corrected chi connectivity index (χ1v) is 29.8. The van der Waals surface area contributed by atoms with E-state index in [4.69, 9.17) is 42.3 Å². The number of nitrogens with zero attached hydrogens (tertiary/aromatic N) is 1. The fourth-order valence-corrected chi connectivity index (χ4v) is 8.44. The van der Waals surface area contributed by atoms with Crippen LogP contribution in [0.4, 0.5) is 19.7 Å². The largest absolute Gasteiger partial charge is 0.496 e. The van der Waals surface area contributed by atoms with E-state index in [1.165, 1.54) is 45.6 Å². The monoisotopic (exact) mass is 1050 g/mol. The van der Waals surface area contributed by atoms with Gasteiger partial charge in [-0.2, -0.15) is 4.39 Å². The van der Waals surface area contributed by atoms with Crippen LogP contribution in [0, 0.1) is 22.9 Å². The van der Waals surface area contributed by atoms with Gasteiger partial charge in [-0.3, -0.25) is 14.9 Å². The van der Waals surface area contributed by atoms with E-state index >= 15 is 4.79 Å². The number of amides is 3. The molecule has 400 valence electrons. The topological polar surface area (TPSA) is 251 Å². The Morgan fingerprint density at radius 3 is 1.96 bits per heavy atom. The smallest absolute Gasteiger partial charge is 0.408 e. The molecule has 3 rings (SSSR count). The van der Waals surface area contributed by atoms with Gasteiger partial charge >= 0.3 is 23.8 Å². The van der Waals surface area contributed by atoms with Gasteiger partial charge in [0, 0.05) is 26.8 Å². The Balaban J connectivity index is 2.27. The van der Waals surface area contributed by atoms with Crippen molar-refractivity contribution in [3.05, 3.63) is 86.7 Å². The lowest BCUT2D eigenvalue weighted by atomic mass is 9.99. The number of carboxylic acid groups (broad SMARTS) is 1. The highest BCUT2D eigenvalue weighted by molar-refractivity contribution is 6.76. The third-order valence-corrected chi connectivity index (χ3v) is 17.6. The van der Waals surface area contributed by atoms with Gasteiger partial charge in [0.1, 0.15) is 36.0 Å². The van der Waals surface area contributed by atoms with E-state index in [0.29, 0.717) is 17.2 Å². The normalized spacial score (nSPS) is 13.7. The van der Waals surface area contributed by atoms with E-state index in [2.05, 4.69) is 35.6 Å². The molecule has 4 atom stereocenters. The van der Waals surface area contributed by atoms with E-state index < -0.39 is 91.8 Å². The predicted molar refractivity (Wildman–Crippen MR) is 271 cm³/mol. The third-order valence-electron chi connectivity index (χ3n) is 11.5. The molecule has 3 aromatic rings. The van der Waals surface area contributed by atoms with Gasteiger partial charge in [-0.1, -0.05) is 52.5 Å². The molecule has 20 nitrogen and oxygen atoms in total. The molecule has 0 aliphatic heterocycles. The predicted octanol–water partition coefficient (Wildman–Crippen LogP) is 9.49. The number of methoxy groups -OCH3 is 3. The minimum atomic E-state index is -2.95. The zero-order valence-electron chi connectivity index (χ0n) is 44.1. The number of ether oxygens (including phenoxy) is 8. The summed E-state index contributed by atoms with van der Waals surface area (Å²) in [7, 11) is -0.333. The maximum Gasteiger partial charge on any atom is 0.408 e. The number of nitro benzene ring substituents is 1. The molecule has 23 heteroatoms. The number of carbonyl (C=O) groups excluding carboxylic acids is 3. The van der Waals surface area contributed by atoms with Crippen molar-refractivity contribution in [2.24, 2.45) is 0 Å². The molecule has 0 unspecified atom stereocenters. The van der Waals surface area contributed by atoms with Crippen LogP contribution in [0.1, 0.15) is 82.0 Å². The summed E-state index contributed by atoms with van der Waals surface area (Å²) < 4.78 is 67.2. The molecule has 0 saturated carbocycles. The summed E-state index contributed by atoms with van der Waals surface area (Å²) in [4.78, 5) is 65.4. The van der Waals surface area contributed by atoms with Crippen molar-refractivity contribution < 1.29 is 75.9 Å². The zero-order valence-corrected chi connectivity index (χ0v) is 46.1. The Morgan fingerprint density at radius 2 is 1.39 bits per heavy atom. The van der Waals surface area contributed by atoms with Crippen molar-refractivity contribution in [1.29, 1.82) is 0 Å². The fourth-order valence-electron chi connectivity index (χ4n) is 6.46. The lowest BCUT2D eigenvalue weighted by Crippen LogP contribution is -2.55. The van der Waals surface area contributed by atoms with Gasteiger partial charge in [0.15, 0.2) is 25.9 Å². The van der Waals surface area contributed by atoms with Gasteiger partial charge in [0.05, 0.1) is 51.6 Å². The Morgan fingerprint density at radius 1 is 0.764 bits per heavy atom. The van der Waals surface area contributed by atoms with Crippen LogP contribution in [0.25, 0.3) is 0 Å². The van der Waals surface area contributed by atoms with Crippen LogP contribution in [-0.2, 0) is 37.7 Å². The van der Waals surface area contributed by atoms with Crippen LogP contribution in [0.5, 0.6) is 23.0 Å². The Bertz CT molecular complexity index is 2350. The zero-order chi connectivity index (χ0) is 54.4. The van der Waals surface area contributed by atoms with E-state index in [0.717, 1.165) is 12.1 Å². The quantitative estimate of drug-likeness (QED) is 0.0192. The van der Waals surface area contributed by atoms with Crippen molar-refractivity contribution in [2.75, 3.05) is 54.5 Å². The molecule has 72 heavy (non-hydrogen) atoms. The number of carboxylic acids is 1. The Hall–Kier alpha value is -5.86. The molecular weight excluding hydrogens is 976 g/mol. The van der Waals surface area contributed by atoms with Gasteiger partial charge in [-0.15, -0.1) is 0 Å². The van der Waals surface area contributed by atoms with Crippen LogP contribution < -0.4 is 30.2 Å². The van der Waals surface area contributed by atoms with E-state index in [1.54, 1.807) is 39.8 Å². The highest BCUT2D eigenvalue weighted by Gasteiger charge is 2.44. The summed E-state index contributed by atoms with van der Waals surface area (Å²) in [5, 5.41) is 29.8. The standard InChI is InChI=1S/C49H73FN4O16Si2/c1-30-38(64-10)26-33(27-39(30)68-40-25-31(17-19-37(40)63-9)41(45(56)57)52-47(59)69-48(2,3)4)35(28-66-29-65-21-20-62-8)51-44(55)42(53-46(58)67-22-23-71(11,12)13)43(70-72(14,15)49(5,6)7)32-16-18-34(50)36(24-32)54(60)61/h16-19,24-27,35,41-43H,20-23,28-29H2,1-15H3,(H,51,55)(H,52,59)(H,53,58)(H,56,57)/t35-,41-,42-,43-/m1/s1. The molecule has 4 N–H and O–H groups in total. The van der Waals surface area contributed by atoms with E-state index in [-0.39, 0.29) is 67.3 Å². The van der Waals surface area contributed by atoms with Crippen LogP contribution in [0.2, 0.25) is 43.8 Å². The second kappa shape index (κ2) is 26.2. The van der Waals surface area contributed by atoms with Gasteiger partial charge < -0.3 is 63.4 Å². The molecule has 0 heterocycles. The number of benzene rings is 3. The first-order chi connectivity index (χ1) is 33.4. The van der Waals surface area contributed by atoms with Crippen LogP contribution in [0.15, 0.2) is 48.5 Å². The molecule has 0 aliphatic carbocycles. The first kappa shape index (κ1) is 60.4. The number of carbonyl (C=O) groups is 4. The summed E-state index contributed by atoms with van der Waals surface area (Å²) in [5.41, 5.74) is -0.845. The van der Waals surface area contributed by atoms with E-state index in [1.807, 2.05) is 33.9 Å². The van der Waals surface area contributed by atoms with Crippen LogP contribution in [-0.4, -0.2) is 117 Å². The molecule has 3 aromatic carbocycles. The Kier molecular flexibility index (Phi) is 22.0. The van der Waals surface area contributed by atoms with Gasteiger partial charge in [-0.25, -0.2) is 14.4 Å². The summed E-state index contributed by atoms with van der Waals surface area (Å²) >= 11 is 0. The molecular formula is C49H73FN4O16Si2. The fraction of sp³-hybridized carbons (Fsp3) is 0.551. The van der Waals surface area contributed by atoms with Gasteiger partial charge in [0.25, 0.3) is 0 Å². The molecule has 0 bridgehead atoms. The molecule has 0 saturated heterocycles. The third kappa shape index (κ3) is 18.3. The lowest BCUT2D eigenvalue weighted by Gasteiger charge is -2.41. The Labute approximate surface area is 423 Å². The summed E-state index contributed by atoms with van der Waals surface area (Å²) in [6.07, 6.45) is -3.36. The highest BCUT2D eigenvalue weighted by atomic mass is 28.4. The highest BCUT2D eigenvalue weighted by Crippen LogP contribution is 2.43. The lowest BCUT2D eigenvalue weighted by molar-refractivity contribution is -0.387. The molecule has 0 aliphatic rings. The summed E-state index contributed by atoms with van der Waals surface area (Å²) in [5.74, 6) is -2.70. The minimum absolute atomic E-state index is 0.0325. The van der Waals surface area contributed by atoms with Crippen molar-refractivity contribution in [3.63, 3.8) is 0 Å². The first-order valence-electron chi connectivity index (χ1n) is 23.2. The second-order valence-corrected chi connectivity index (χ2v) is 30.9. The molecule has 0 radical (unpaired) electrons. The van der Waals surface area contributed by atoms with Gasteiger partial charge in [-0.05, 0) is 98.9 Å². The summed E-state index contributed by atoms with van der Waals surface area (Å²) in [6.45, 7) is 22.5. The number of alkyl carbamates (subject to hydrolysis) is 2. The molecule has 0 spiro atoms. The number of hydrogen-bond acceptors (Lipinski definition) is 15. The van der Waals surface area contributed by atoms with Gasteiger partial charge in [0.2, 0.25) is 11.7 Å². The van der Waals surface area contributed by atoms with Crippen molar-refractivity contribution in [3.8, 4) is 23.0 Å². The summed E-state index contributed by atoms with van der Waals surface area (Å²) in [6, 6.07) is 6.93. The van der Waals surface area contributed by atoms with Crippen molar-refractivity contribution in [2.45, 2.75) is 122 Å². The number of nitro groups is 1. The number of rotatable bonds is 26. The average molecular weight is 1050 g/mol. The average Bonchev–Trinajstić information content (AvgIpc) is 3.26. The minimum Gasteiger partial charge on any atom is -0.496 e. The maximum atomic E-state index is 15.2. The molecule has 0 fully saturated rings. The SMILES string of the molecule is COCCOCOC[C@@H](NC(=O)[C@H](NC(=O)OCC[Si](C)(C)C)[C@H](O[Si](C)(C)C(C)(C)C)c1ccc(F)c([N+](=O)[O-])c1)c1cc(OC)c(C)c(Oc2cc([C@@H](NC(=O)OC(C)(C)C)C(=O)O)ccc2OC)c1. The number of hydrogen-bond donors (Lipinski definition) is 4. The van der Waals surface area contributed by atoms with Crippen molar-refractivity contribution in [1.82, 2.24) is 16.0 Å². The van der Waals surface area contributed by atoms with E-state index in [9.17, 15) is 34.0 Å². The number of aliphatic carboxylic acids is 1. The molecule has 3 amide bonds. The second-order valence-electron chi connectivity index (χ2n) is 20.6. The molecule has 0 aromatic heterocycles. The number of nitrogens with one attached hydrogen (secondary N) is 3. The number of halogens is 1. The van der Waals surface area contributed by atoms with Crippen LogP contribution >= 0.6 is 0 Å². The van der Waals surface area contributed by atoms with Crippen molar-refractivity contribution >= 4 is 46.1 Å². The maximum absolute atomic E-state index is 15.2.